The van der Waals surface area contributed by atoms with Crippen LogP contribution in [0.3, 0.4) is 0 Å². The molecule has 0 bridgehead atoms. The summed E-state index contributed by atoms with van der Waals surface area (Å²) < 4.78 is 5.67. The van der Waals surface area contributed by atoms with Crippen molar-refractivity contribution in [2.75, 3.05) is 13.1 Å². The molecule has 0 spiro atoms. The van der Waals surface area contributed by atoms with Crippen LogP contribution in [-0.2, 0) is 4.79 Å². The van der Waals surface area contributed by atoms with Crippen molar-refractivity contribution in [2.24, 2.45) is 5.73 Å². The quantitative estimate of drug-likeness (QED) is 0.884. The van der Waals surface area contributed by atoms with E-state index in [0.29, 0.717) is 18.1 Å². The maximum atomic E-state index is 11.5. The molecule has 1 amide bonds. The number of ether oxygens (including phenoxy) is 1. The molecule has 5 heteroatoms. The lowest BCUT2D eigenvalue weighted by Crippen LogP contribution is -2.59. The lowest BCUT2D eigenvalue weighted by Gasteiger charge is -2.39. The summed E-state index contributed by atoms with van der Waals surface area (Å²) in [6.07, 6.45) is 0.0381. The number of carbonyl (C=O) groups excluding carboxylic acids is 1. The van der Waals surface area contributed by atoms with Crippen LogP contribution in [0.5, 0.6) is 5.75 Å². The minimum Gasteiger partial charge on any atom is -0.487 e. The van der Waals surface area contributed by atoms with Crippen molar-refractivity contribution in [1.82, 2.24) is 4.90 Å². The molecule has 1 fully saturated rings. The van der Waals surface area contributed by atoms with Crippen LogP contribution in [0.15, 0.2) is 24.3 Å². The van der Waals surface area contributed by atoms with E-state index < -0.39 is 6.04 Å². The lowest BCUT2D eigenvalue weighted by molar-refractivity contribution is -0.141. The zero-order valence-electron chi connectivity index (χ0n) is 9.60. The zero-order chi connectivity index (χ0) is 12.4. The highest BCUT2D eigenvalue weighted by atomic mass is 35.5. The first-order chi connectivity index (χ1) is 8.06. The summed E-state index contributed by atoms with van der Waals surface area (Å²) in [5.41, 5.74) is 5.51. The molecule has 92 valence electrons. The van der Waals surface area contributed by atoms with Crippen molar-refractivity contribution in [3.05, 3.63) is 29.3 Å². The maximum absolute atomic E-state index is 11.5. The predicted octanol–water partition coefficient (Wildman–Crippen LogP) is 1.28. The van der Waals surface area contributed by atoms with Crippen LogP contribution in [0.2, 0.25) is 5.02 Å². The Hall–Kier alpha value is -1.26. The molecule has 2 N–H and O–H groups in total. The average molecular weight is 255 g/mol. The zero-order valence-corrected chi connectivity index (χ0v) is 10.4. The van der Waals surface area contributed by atoms with Gasteiger partial charge in [-0.2, -0.15) is 0 Å². The number of rotatable bonds is 3. The number of nitrogens with two attached hydrogens (primary N) is 1. The lowest BCUT2D eigenvalue weighted by atomic mass is 10.1. The summed E-state index contributed by atoms with van der Waals surface area (Å²) in [5.74, 6) is 0.700. The van der Waals surface area contributed by atoms with Gasteiger partial charge in [0.1, 0.15) is 11.9 Å². The maximum Gasteiger partial charge on any atom is 0.239 e. The number of likely N-dealkylation sites (tertiary alicyclic amines) is 1. The fourth-order valence-electron chi connectivity index (χ4n) is 1.71. The van der Waals surface area contributed by atoms with Crippen LogP contribution in [0.25, 0.3) is 0 Å². The summed E-state index contributed by atoms with van der Waals surface area (Å²) >= 11 is 5.85. The third kappa shape index (κ3) is 2.90. The average Bonchev–Trinajstić information content (AvgIpc) is 2.22. The van der Waals surface area contributed by atoms with Gasteiger partial charge in [0.05, 0.1) is 19.1 Å². The molecule has 1 aliphatic rings. The highest BCUT2D eigenvalue weighted by Crippen LogP contribution is 2.21. The topological polar surface area (TPSA) is 55.6 Å². The number of amides is 1. The SMILES string of the molecule is C[C@@H](N)C(=O)N1CC(Oc2cccc(Cl)c2)C1. The van der Waals surface area contributed by atoms with Crippen LogP contribution >= 0.6 is 11.6 Å². The standard InChI is InChI=1S/C12H15ClN2O2/c1-8(14)12(16)15-6-11(7-15)17-10-4-2-3-9(13)5-10/h2-5,8,11H,6-7,14H2,1H3/t8-/m1/s1. The second-order valence-electron chi connectivity index (χ2n) is 4.23. The molecule has 0 aliphatic carbocycles. The van der Waals surface area contributed by atoms with E-state index in [0.717, 1.165) is 5.75 Å². The molecule has 1 aliphatic heterocycles. The van der Waals surface area contributed by atoms with Gasteiger partial charge in [0.15, 0.2) is 0 Å². The predicted molar refractivity (Wildman–Crippen MR) is 66.1 cm³/mol. The molecule has 1 saturated heterocycles. The highest BCUT2D eigenvalue weighted by molar-refractivity contribution is 6.30. The number of hydrogen-bond acceptors (Lipinski definition) is 3. The molecule has 1 aromatic carbocycles. The first-order valence-electron chi connectivity index (χ1n) is 5.53. The number of hydrogen-bond donors (Lipinski definition) is 1. The Balaban J connectivity index is 1.83. The van der Waals surface area contributed by atoms with Gasteiger partial charge in [-0.15, -0.1) is 0 Å². The number of halogens is 1. The molecular weight excluding hydrogens is 240 g/mol. The Morgan fingerprint density at radius 2 is 2.29 bits per heavy atom. The molecular formula is C12H15ClN2O2. The number of benzene rings is 1. The smallest absolute Gasteiger partial charge is 0.239 e. The number of carbonyl (C=O) groups is 1. The Kier molecular flexibility index (Phi) is 3.54. The summed E-state index contributed by atoms with van der Waals surface area (Å²) in [6, 6.07) is 6.80. The summed E-state index contributed by atoms with van der Waals surface area (Å²) in [6.45, 7) is 2.87. The fraction of sp³-hybridized carbons (Fsp3) is 0.417. The second kappa shape index (κ2) is 4.94. The van der Waals surface area contributed by atoms with Gasteiger partial charge in [-0.1, -0.05) is 17.7 Å². The van der Waals surface area contributed by atoms with Crippen LogP contribution in [0.4, 0.5) is 0 Å². The van der Waals surface area contributed by atoms with Crippen LogP contribution in [0.1, 0.15) is 6.92 Å². The van der Waals surface area contributed by atoms with Crippen LogP contribution < -0.4 is 10.5 Å². The molecule has 1 atom stereocenters. The van der Waals surface area contributed by atoms with Gasteiger partial charge >= 0.3 is 0 Å². The first kappa shape index (κ1) is 12.2. The van der Waals surface area contributed by atoms with Crippen LogP contribution in [0, 0.1) is 0 Å². The molecule has 0 aromatic heterocycles. The summed E-state index contributed by atoms with van der Waals surface area (Å²) in [5, 5.41) is 0.644. The Morgan fingerprint density at radius 1 is 1.59 bits per heavy atom. The van der Waals surface area contributed by atoms with Crippen molar-refractivity contribution in [2.45, 2.75) is 19.1 Å². The number of nitrogens with zero attached hydrogens (tertiary/aromatic N) is 1. The summed E-state index contributed by atoms with van der Waals surface area (Å²) in [4.78, 5) is 13.2. The molecule has 0 saturated carbocycles. The van der Waals surface area contributed by atoms with E-state index in [1.807, 2.05) is 12.1 Å². The molecule has 4 nitrogen and oxygen atoms in total. The highest BCUT2D eigenvalue weighted by Gasteiger charge is 2.33. The van der Waals surface area contributed by atoms with Gasteiger partial charge in [-0.25, -0.2) is 0 Å². The third-order valence-corrected chi connectivity index (χ3v) is 2.88. The molecule has 0 radical (unpaired) electrons. The van der Waals surface area contributed by atoms with E-state index >= 15 is 0 Å². The monoisotopic (exact) mass is 254 g/mol. The van der Waals surface area contributed by atoms with Gasteiger partial charge in [-0.3, -0.25) is 4.79 Å². The van der Waals surface area contributed by atoms with Gasteiger partial charge in [0.25, 0.3) is 0 Å². The van der Waals surface area contributed by atoms with Gasteiger partial charge in [0.2, 0.25) is 5.91 Å². The van der Waals surface area contributed by atoms with Gasteiger partial charge < -0.3 is 15.4 Å². The normalized spacial score (nSPS) is 17.5. The van der Waals surface area contributed by atoms with Crippen LogP contribution in [-0.4, -0.2) is 36.0 Å². The van der Waals surface area contributed by atoms with Crippen molar-refractivity contribution in [3.8, 4) is 5.75 Å². The Labute approximate surface area is 105 Å². The van der Waals surface area contributed by atoms with Crippen molar-refractivity contribution < 1.29 is 9.53 Å². The van der Waals surface area contributed by atoms with E-state index in [4.69, 9.17) is 22.1 Å². The Bertz CT molecular complexity index is 417. The largest absolute Gasteiger partial charge is 0.487 e. The Morgan fingerprint density at radius 3 is 2.88 bits per heavy atom. The van der Waals surface area contributed by atoms with Crippen molar-refractivity contribution >= 4 is 17.5 Å². The van der Waals surface area contributed by atoms with E-state index in [2.05, 4.69) is 0 Å². The molecule has 1 heterocycles. The summed E-state index contributed by atoms with van der Waals surface area (Å²) in [7, 11) is 0. The van der Waals surface area contributed by atoms with E-state index in [9.17, 15) is 4.79 Å². The van der Waals surface area contributed by atoms with Crippen molar-refractivity contribution in [1.29, 1.82) is 0 Å². The second-order valence-corrected chi connectivity index (χ2v) is 4.67. The molecule has 0 unspecified atom stereocenters. The minimum atomic E-state index is -0.442. The molecule has 17 heavy (non-hydrogen) atoms. The van der Waals surface area contributed by atoms with E-state index in [1.165, 1.54) is 0 Å². The fourth-order valence-corrected chi connectivity index (χ4v) is 1.89. The van der Waals surface area contributed by atoms with E-state index in [1.54, 1.807) is 24.0 Å². The van der Waals surface area contributed by atoms with Crippen molar-refractivity contribution in [3.63, 3.8) is 0 Å². The molecule has 1 aromatic rings. The van der Waals surface area contributed by atoms with Gasteiger partial charge in [0, 0.05) is 5.02 Å². The molecule has 2 rings (SSSR count). The first-order valence-corrected chi connectivity index (χ1v) is 5.90. The van der Waals surface area contributed by atoms with E-state index in [-0.39, 0.29) is 12.0 Å². The third-order valence-electron chi connectivity index (χ3n) is 2.65. The van der Waals surface area contributed by atoms with Gasteiger partial charge in [-0.05, 0) is 25.1 Å². The minimum absolute atomic E-state index is 0.0315.